The van der Waals surface area contributed by atoms with Gasteiger partial charge in [0.1, 0.15) is 17.7 Å². The summed E-state index contributed by atoms with van der Waals surface area (Å²) in [5.41, 5.74) is 0.616. The number of halogens is 5. The van der Waals surface area contributed by atoms with Crippen molar-refractivity contribution in [2.45, 2.75) is 43.0 Å². The van der Waals surface area contributed by atoms with Crippen molar-refractivity contribution in [2.75, 3.05) is 17.8 Å². The summed E-state index contributed by atoms with van der Waals surface area (Å²) in [5.74, 6) is -0.151. The number of anilines is 1. The summed E-state index contributed by atoms with van der Waals surface area (Å²) < 4.78 is 86.9. The highest BCUT2D eigenvalue weighted by atomic mass is 35.5. The lowest BCUT2D eigenvalue weighted by Gasteiger charge is -2.36. The largest absolute Gasteiger partial charge is 0.489 e. The number of rotatable bonds is 7. The van der Waals surface area contributed by atoms with Crippen LogP contribution in [0.5, 0.6) is 5.75 Å². The van der Waals surface area contributed by atoms with E-state index in [2.05, 4.69) is 9.71 Å². The van der Waals surface area contributed by atoms with Gasteiger partial charge in [-0.2, -0.15) is 13.2 Å². The zero-order valence-electron chi connectivity index (χ0n) is 18.9. The van der Waals surface area contributed by atoms with Gasteiger partial charge in [0.05, 0.1) is 21.0 Å². The standard InChI is InChI=1S/C23H22ClF4N3O3S2/c1-14(18-10-15(23(26,27)28)2-4-20(18)25)31-8-6-16(7-9-31)34-21-5-3-17(11-19(21)24)36(32,33)30-22-12-35-13-29-22/h2-5,10-14,16,30H,6-9H2,1H3/t14-/m1/s1. The van der Waals surface area contributed by atoms with Crippen molar-refractivity contribution in [3.8, 4) is 5.75 Å². The maximum atomic E-state index is 14.3. The van der Waals surface area contributed by atoms with Crippen LogP contribution in [0.2, 0.25) is 5.02 Å². The summed E-state index contributed by atoms with van der Waals surface area (Å²) >= 11 is 7.54. The average molecular weight is 564 g/mol. The summed E-state index contributed by atoms with van der Waals surface area (Å²) in [5, 5.41) is 1.68. The molecule has 36 heavy (non-hydrogen) atoms. The molecule has 0 unspecified atom stereocenters. The molecular weight excluding hydrogens is 542 g/mol. The third-order valence-electron chi connectivity index (χ3n) is 5.98. The lowest BCUT2D eigenvalue weighted by atomic mass is 9.99. The van der Waals surface area contributed by atoms with Gasteiger partial charge in [0, 0.05) is 30.1 Å². The summed E-state index contributed by atoms with van der Waals surface area (Å²) in [4.78, 5) is 5.76. The third-order valence-corrected chi connectivity index (χ3v) is 8.21. The molecule has 13 heteroatoms. The minimum Gasteiger partial charge on any atom is -0.489 e. The number of alkyl halides is 3. The van der Waals surface area contributed by atoms with Gasteiger partial charge in [0.25, 0.3) is 10.0 Å². The minimum atomic E-state index is -4.55. The Kier molecular flexibility index (Phi) is 7.79. The molecule has 0 aliphatic carbocycles. The quantitative estimate of drug-likeness (QED) is 0.339. The Labute approximate surface area is 214 Å². The van der Waals surface area contributed by atoms with E-state index in [0.717, 1.165) is 18.2 Å². The summed E-state index contributed by atoms with van der Waals surface area (Å²) in [6, 6.07) is 6.05. The van der Waals surface area contributed by atoms with E-state index in [1.165, 1.54) is 35.0 Å². The monoisotopic (exact) mass is 563 g/mol. The number of aromatic nitrogens is 1. The topological polar surface area (TPSA) is 71.5 Å². The molecule has 194 valence electrons. The van der Waals surface area contributed by atoms with Crippen molar-refractivity contribution in [3.63, 3.8) is 0 Å². The fourth-order valence-electron chi connectivity index (χ4n) is 4.00. The van der Waals surface area contributed by atoms with Gasteiger partial charge in [-0.15, -0.1) is 11.3 Å². The van der Waals surface area contributed by atoms with Crippen molar-refractivity contribution >= 4 is 38.8 Å². The first kappa shape index (κ1) is 26.6. The number of likely N-dealkylation sites (tertiary alicyclic amines) is 1. The summed E-state index contributed by atoms with van der Waals surface area (Å²) in [6.45, 7) is 2.63. The van der Waals surface area contributed by atoms with Crippen LogP contribution in [0, 0.1) is 5.82 Å². The Morgan fingerprint density at radius 2 is 1.92 bits per heavy atom. The molecular formula is C23H22ClF4N3O3S2. The highest BCUT2D eigenvalue weighted by molar-refractivity contribution is 7.92. The first-order valence-corrected chi connectivity index (χ1v) is 13.7. The molecule has 0 radical (unpaired) electrons. The van der Waals surface area contributed by atoms with E-state index in [1.54, 1.807) is 12.3 Å². The number of benzene rings is 2. The zero-order valence-corrected chi connectivity index (χ0v) is 21.3. The number of ether oxygens (including phenoxy) is 1. The molecule has 2 aromatic carbocycles. The molecule has 6 nitrogen and oxygen atoms in total. The van der Waals surface area contributed by atoms with Gasteiger partial charge in [0.15, 0.2) is 5.82 Å². The van der Waals surface area contributed by atoms with E-state index in [4.69, 9.17) is 16.3 Å². The van der Waals surface area contributed by atoms with E-state index in [1.807, 2.05) is 4.90 Å². The van der Waals surface area contributed by atoms with E-state index in [9.17, 15) is 26.0 Å². The smallest absolute Gasteiger partial charge is 0.416 e. The fourth-order valence-corrected chi connectivity index (χ4v) is 5.87. The number of nitrogens with one attached hydrogen (secondary N) is 1. The molecule has 1 N–H and O–H groups in total. The molecule has 3 aromatic rings. The summed E-state index contributed by atoms with van der Waals surface area (Å²) in [6.07, 6.45) is -3.72. The highest BCUT2D eigenvalue weighted by Crippen LogP contribution is 2.35. The van der Waals surface area contributed by atoms with Crippen LogP contribution in [-0.2, 0) is 16.2 Å². The highest BCUT2D eigenvalue weighted by Gasteiger charge is 2.33. The van der Waals surface area contributed by atoms with Crippen molar-refractivity contribution in [1.29, 1.82) is 0 Å². The Bertz CT molecular complexity index is 1310. The van der Waals surface area contributed by atoms with Gasteiger partial charge in [-0.3, -0.25) is 9.62 Å². The molecule has 0 saturated carbocycles. The molecule has 1 saturated heterocycles. The second-order valence-electron chi connectivity index (χ2n) is 8.33. The van der Waals surface area contributed by atoms with Crippen LogP contribution in [0.1, 0.15) is 36.9 Å². The molecule has 1 atom stereocenters. The summed E-state index contributed by atoms with van der Waals surface area (Å²) in [7, 11) is -3.87. The number of thiazole rings is 1. The molecule has 1 aliphatic rings. The Hall–Kier alpha value is -2.41. The maximum Gasteiger partial charge on any atom is 0.416 e. The van der Waals surface area contributed by atoms with E-state index >= 15 is 0 Å². The number of piperidine rings is 1. The SMILES string of the molecule is C[C@H](c1cc(C(F)(F)F)ccc1F)N1CCC(Oc2ccc(S(=O)(=O)Nc3cscn3)cc2Cl)CC1. The third kappa shape index (κ3) is 6.10. The van der Waals surface area contributed by atoms with Gasteiger partial charge in [0.2, 0.25) is 0 Å². The second kappa shape index (κ2) is 10.5. The lowest BCUT2D eigenvalue weighted by Crippen LogP contribution is -2.39. The Morgan fingerprint density at radius 3 is 2.53 bits per heavy atom. The van der Waals surface area contributed by atoms with Crippen LogP contribution < -0.4 is 9.46 Å². The first-order chi connectivity index (χ1) is 16.9. The lowest BCUT2D eigenvalue weighted by molar-refractivity contribution is -0.137. The average Bonchev–Trinajstić information content (AvgIpc) is 3.32. The van der Waals surface area contributed by atoms with Crippen LogP contribution in [-0.4, -0.2) is 37.5 Å². The second-order valence-corrected chi connectivity index (χ2v) is 11.1. The van der Waals surface area contributed by atoms with Crippen LogP contribution in [0.25, 0.3) is 0 Å². The molecule has 2 heterocycles. The molecule has 0 amide bonds. The van der Waals surface area contributed by atoms with Crippen molar-refractivity contribution in [2.24, 2.45) is 0 Å². The van der Waals surface area contributed by atoms with Gasteiger partial charge < -0.3 is 4.74 Å². The Morgan fingerprint density at radius 1 is 1.19 bits per heavy atom. The van der Waals surface area contributed by atoms with E-state index < -0.39 is 33.6 Å². The van der Waals surface area contributed by atoms with Crippen molar-refractivity contribution in [1.82, 2.24) is 9.88 Å². The maximum absolute atomic E-state index is 14.3. The Balaban J connectivity index is 1.38. The zero-order chi connectivity index (χ0) is 26.1. The van der Waals surface area contributed by atoms with Gasteiger partial charge in [-0.25, -0.2) is 17.8 Å². The minimum absolute atomic E-state index is 0.00435. The molecule has 1 aliphatic heterocycles. The molecule has 1 aromatic heterocycles. The number of sulfonamides is 1. The van der Waals surface area contributed by atoms with Gasteiger partial charge in [-0.05, 0) is 56.2 Å². The van der Waals surface area contributed by atoms with Crippen LogP contribution in [0.4, 0.5) is 23.4 Å². The number of nitrogens with zero attached hydrogens (tertiary/aromatic N) is 2. The number of hydrogen-bond donors (Lipinski definition) is 1. The fraction of sp³-hybridized carbons (Fsp3) is 0.348. The molecule has 0 spiro atoms. The van der Waals surface area contributed by atoms with Gasteiger partial charge in [-0.1, -0.05) is 11.6 Å². The van der Waals surface area contributed by atoms with Crippen LogP contribution in [0.15, 0.2) is 52.2 Å². The molecule has 1 fully saturated rings. The van der Waals surface area contributed by atoms with E-state index in [0.29, 0.717) is 31.7 Å². The predicted molar refractivity (Wildman–Crippen MR) is 129 cm³/mol. The van der Waals surface area contributed by atoms with E-state index in [-0.39, 0.29) is 27.4 Å². The normalized spacial score (nSPS) is 16.6. The van der Waals surface area contributed by atoms with Crippen molar-refractivity contribution < 1.29 is 30.7 Å². The van der Waals surface area contributed by atoms with Crippen molar-refractivity contribution in [3.05, 3.63) is 69.3 Å². The van der Waals surface area contributed by atoms with Crippen LogP contribution in [0.3, 0.4) is 0 Å². The number of hydrogen-bond acceptors (Lipinski definition) is 6. The predicted octanol–water partition coefficient (Wildman–Crippen LogP) is 6.36. The first-order valence-electron chi connectivity index (χ1n) is 10.9. The molecule has 0 bridgehead atoms. The molecule has 4 rings (SSSR count). The van der Waals surface area contributed by atoms with Crippen LogP contribution >= 0.6 is 22.9 Å². The van der Waals surface area contributed by atoms with Gasteiger partial charge >= 0.3 is 6.18 Å².